The van der Waals surface area contributed by atoms with Gasteiger partial charge < -0.3 is 9.55 Å². The van der Waals surface area contributed by atoms with Gasteiger partial charge in [-0.05, 0) is 12.1 Å². The van der Waals surface area contributed by atoms with Crippen LogP contribution in [0.15, 0.2) is 36.8 Å². The Hall–Kier alpha value is -2.63. The zero-order valence-corrected chi connectivity index (χ0v) is 9.71. The number of benzene rings is 1. The van der Waals surface area contributed by atoms with Gasteiger partial charge >= 0.3 is 0 Å². The molecule has 0 spiro atoms. The molecule has 0 radical (unpaired) electrons. The Labute approximate surface area is 103 Å². The number of nitrogens with one attached hydrogen (secondary N) is 2. The molecule has 0 unspecified atom stereocenters. The second kappa shape index (κ2) is 3.99. The van der Waals surface area contributed by atoms with Crippen LogP contribution in [-0.4, -0.2) is 25.4 Å². The number of H-pyrrole nitrogens is 1. The lowest BCUT2D eigenvalue weighted by Crippen LogP contribution is -2.13. The van der Waals surface area contributed by atoms with E-state index in [0.29, 0.717) is 11.6 Å². The van der Waals surface area contributed by atoms with E-state index in [-0.39, 0.29) is 5.91 Å². The average molecular weight is 241 g/mol. The maximum Gasteiger partial charge on any atom is 0.278 e. The van der Waals surface area contributed by atoms with Gasteiger partial charge in [0.1, 0.15) is 5.69 Å². The van der Waals surface area contributed by atoms with Gasteiger partial charge in [0.05, 0.1) is 17.4 Å². The molecule has 90 valence electrons. The molecule has 0 atom stereocenters. The van der Waals surface area contributed by atoms with E-state index in [2.05, 4.69) is 20.3 Å². The molecule has 0 aliphatic carbocycles. The van der Waals surface area contributed by atoms with E-state index in [1.165, 1.54) is 0 Å². The largest absolute Gasteiger partial charge is 0.340 e. The molecule has 1 amide bonds. The number of hydrogen-bond donors (Lipinski definition) is 2. The van der Waals surface area contributed by atoms with Crippen molar-refractivity contribution in [2.75, 3.05) is 5.32 Å². The third-order valence-electron chi connectivity index (χ3n) is 2.56. The van der Waals surface area contributed by atoms with Crippen LogP contribution in [0.1, 0.15) is 10.5 Å². The Morgan fingerprint density at radius 1 is 1.39 bits per heavy atom. The van der Waals surface area contributed by atoms with Crippen LogP contribution in [0.25, 0.3) is 11.0 Å². The summed E-state index contributed by atoms with van der Waals surface area (Å²) in [7, 11) is 1.81. The van der Waals surface area contributed by atoms with Crippen molar-refractivity contribution >= 4 is 22.9 Å². The fourth-order valence-electron chi connectivity index (χ4n) is 1.71. The van der Waals surface area contributed by atoms with Crippen molar-refractivity contribution in [2.24, 2.45) is 7.05 Å². The van der Waals surface area contributed by atoms with E-state index in [1.54, 1.807) is 17.1 Å². The Morgan fingerprint density at radius 3 is 2.94 bits per heavy atom. The van der Waals surface area contributed by atoms with Gasteiger partial charge in [-0.25, -0.2) is 9.97 Å². The topological polar surface area (TPSA) is 75.6 Å². The van der Waals surface area contributed by atoms with Crippen LogP contribution < -0.4 is 5.32 Å². The lowest BCUT2D eigenvalue weighted by molar-refractivity contribution is 0.102. The molecule has 0 aliphatic heterocycles. The number of carbonyl (C=O) groups is 1. The van der Waals surface area contributed by atoms with Gasteiger partial charge in [0.25, 0.3) is 5.91 Å². The summed E-state index contributed by atoms with van der Waals surface area (Å²) < 4.78 is 1.72. The standard InChI is InChI=1S/C12H11N5O/c1-17-6-10(13-7-17)11(18)16-12-14-8-4-2-3-5-9(8)15-12/h2-7H,1H3,(H2,14,15,16,18). The van der Waals surface area contributed by atoms with Gasteiger partial charge in [-0.15, -0.1) is 0 Å². The van der Waals surface area contributed by atoms with Gasteiger partial charge in [-0.1, -0.05) is 12.1 Å². The van der Waals surface area contributed by atoms with Crippen LogP contribution in [0.5, 0.6) is 0 Å². The maximum absolute atomic E-state index is 11.9. The molecule has 3 rings (SSSR count). The first-order valence-corrected chi connectivity index (χ1v) is 5.46. The number of nitrogens with zero attached hydrogens (tertiary/aromatic N) is 3. The molecule has 0 bridgehead atoms. The Balaban J connectivity index is 1.86. The molecular weight excluding hydrogens is 230 g/mol. The molecule has 18 heavy (non-hydrogen) atoms. The number of carbonyl (C=O) groups excluding carboxylic acids is 1. The van der Waals surface area contributed by atoms with E-state index >= 15 is 0 Å². The molecule has 0 saturated carbocycles. The van der Waals surface area contributed by atoms with E-state index in [0.717, 1.165) is 11.0 Å². The number of para-hydroxylation sites is 2. The van der Waals surface area contributed by atoms with E-state index < -0.39 is 0 Å². The minimum Gasteiger partial charge on any atom is -0.340 e. The smallest absolute Gasteiger partial charge is 0.278 e. The third-order valence-corrected chi connectivity index (χ3v) is 2.56. The van der Waals surface area contributed by atoms with Crippen molar-refractivity contribution < 1.29 is 4.79 Å². The number of aromatic nitrogens is 4. The highest BCUT2D eigenvalue weighted by Gasteiger charge is 2.11. The van der Waals surface area contributed by atoms with Crippen LogP contribution in [0.3, 0.4) is 0 Å². The molecule has 2 N–H and O–H groups in total. The first-order valence-electron chi connectivity index (χ1n) is 5.46. The lowest BCUT2D eigenvalue weighted by atomic mass is 10.3. The minimum atomic E-state index is -0.283. The summed E-state index contributed by atoms with van der Waals surface area (Å²) in [5.41, 5.74) is 2.06. The van der Waals surface area contributed by atoms with Gasteiger partial charge in [-0.3, -0.25) is 10.1 Å². The molecular formula is C12H11N5O. The van der Waals surface area contributed by atoms with Crippen LogP contribution in [0.4, 0.5) is 5.95 Å². The number of aromatic amines is 1. The normalized spacial score (nSPS) is 10.7. The minimum absolute atomic E-state index is 0.283. The highest BCUT2D eigenvalue weighted by atomic mass is 16.2. The maximum atomic E-state index is 11.9. The summed E-state index contributed by atoms with van der Waals surface area (Å²) in [5, 5.41) is 2.68. The van der Waals surface area contributed by atoms with Crippen LogP contribution in [0.2, 0.25) is 0 Å². The molecule has 6 heteroatoms. The van der Waals surface area contributed by atoms with Gasteiger partial charge in [0, 0.05) is 13.2 Å². The van der Waals surface area contributed by atoms with Crippen LogP contribution in [-0.2, 0) is 7.05 Å². The summed E-state index contributed by atoms with van der Waals surface area (Å²) in [4.78, 5) is 23.1. The average Bonchev–Trinajstić information content (AvgIpc) is 2.94. The Bertz CT molecular complexity index is 679. The molecule has 0 fully saturated rings. The zero-order valence-electron chi connectivity index (χ0n) is 9.71. The Kier molecular flexibility index (Phi) is 2.33. The predicted octanol–water partition coefficient (Wildman–Crippen LogP) is 1.55. The lowest BCUT2D eigenvalue weighted by Gasteiger charge is -1.97. The fraction of sp³-hybridized carbons (Fsp3) is 0.0833. The van der Waals surface area contributed by atoms with E-state index in [9.17, 15) is 4.79 Å². The van der Waals surface area contributed by atoms with Crippen molar-refractivity contribution in [2.45, 2.75) is 0 Å². The van der Waals surface area contributed by atoms with Crippen LogP contribution in [0, 0.1) is 0 Å². The van der Waals surface area contributed by atoms with Crippen molar-refractivity contribution in [3.8, 4) is 0 Å². The van der Waals surface area contributed by atoms with Crippen molar-refractivity contribution in [3.63, 3.8) is 0 Å². The summed E-state index contributed by atoms with van der Waals surface area (Å²) >= 11 is 0. The molecule has 3 aromatic rings. The second-order valence-electron chi connectivity index (χ2n) is 3.98. The molecule has 0 saturated heterocycles. The highest BCUT2D eigenvalue weighted by molar-refractivity contribution is 6.02. The Morgan fingerprint density at radius 2 is 2.22 bits per heavy atom. The van der Waals surface area contributed by atoms with Crippen LogP contribution >= 0.6 is 0 Å². The number of anilines is 1. The molecule has 6 nitrogen and oxygen atoms in total. The van der Waals surface area contributed by atoms with E-state index in [1.807, 2.05) is 31.3 Å². The summed E-state index contributed by atoms with van der Waals surface area (Å²) in [6.45, 7) is 0. The summed E-state index contributed by atoms with van der Waals surface area (Å²) in [6, 6.07) is 7.58. The van der Waals surface area contributed by atoms with Gasteiger partial charge in [0.15, 0.2) is 0 Å². The quantitative estimate of drug-likeness (QED) is 0.714. The molecule has 0 aliphatic rings. The molecule has 1 aromatic carbocycles. The highest BCUT2D eigenvalue weighted by Crippen LogP contribution is 2.13. The number of amides is 1. The van der Waals surface area contributed by atoms with Gasteiger partial charge in [-0.2, -0.15) is 0 Å². The predicted molar refractivity (Wildman–Crippen MR) is 67.3 cm³/mol. The fourth-order valence-corrected chi connectivity index (χ4v) is 1.71. The van der Waals surface area contributed by atoms with Crippen molar-refractivity contribution in [1.29, 1.82) is 0 Å². The zero-order chi connectivity index (χ0) is 12.5. The number of imidazole rings is 2. The number of fused-ring (bicyclic) bond motifs is 1. The van der Waals surface area contributed by atoms with Gasteiger partial charge in [0.2, 0.25) is 5.95 Å². The number of aryl methyl sites for hydroxylation is 1. The summed E-state index contributed by atoms with van der Waals surface area (Å²) in [5.74, 6) is 0.140. The monoisotopic (exact) mass is 241 g/mol. The first-order chi connectivity index (χ1) is 8.72. The SMILES string of the molecule is Cn1cnc(C(=O)Nc2nc3ccccc3[nH]2)c1. The third kappa shape index (κ3) is 1.84. The number of hydrogen-bond acceptors (Lipinski definition) is 3. The van der Waals surface area contributed by atoms with Crippen molar-refractivity contribution in [1.82, 2.24) is 19.5 Å². The second-order valence-corrected chi connectivity index (χ2v) is 3.98. The van der Waals surface area contributed by atoms with E-state index in [4.69, 9.17) is 0 Å². The molecule has 2 heterocycles. The number of rotatable bonds is 2. The first kappa shape index (κ1) is 10.5. The molecule has 2 aromatic heterocycles. The van der Waals surface area contributed by atoms with Crippen molar-refractivity contribution in [3.05, 3.63) is 42.5 Å². The summed E-state index contributed by atoms with van der Waals surface area (Å²) in [6.07, 6.45) is 3.23.